The molecule has 3 N–H and O–H groups in total. The molecule has 0 saturated carbocycles. The third-order valence-corrected chi connectivity index (χ3v) is 3.22. The molecule has 2 aliphatic rings. The van der Waals surface area contributed by atoms with E-state index in [9.17, 15) is 14.4 Å². The number of carbonyl (C=O) groups is 3. The van der Waals surface area contributed by atoms with Gasteiger partial charge in [-0.25, -0.2) is 0 Å². The summed E-state index contributed by atoms with van der Waals surface area (Å²) in [4.78, 5) is 34.3. The lowest BCUT2D eigenvalue weighted by molar-refractivity contribution is -0.138. The first-order valence-corrected chi connectivity index (χ1v) is 6.01. The third-order valence-electron chi connectivity index (χ3n) is 3.22. The third kappa shape index (κ3) is 3.03. The Balaban J connectivity index is 1.85. The van der Waals surface area contributed by atoms with Crippen LogP contribution in [0.3, 0.4) is 0 Å². The number of carbonyl (C=O) groups excluding carboxylic acids is 3. The zero-order valence-corrected chi connectivity index (χ0v) is 9.62. The van der Waals surface area contributed by atoms with Crippen molar-refractivity contribution in [2.45, 2.75) is 31.7 Å². The Kier molecular flexibility index (Phi) is 3.73. The van der Waals surface area contributed by atoms with E-state index in [0.717, 1.165) is 19.4 Å². The van der Waals surface area contributed by atoms with E-state index < -0.39 is 11.9 Å². The van der Waals surface area contributed by atoms with Gasteiger partial charge in [0.1, 0.15) is 6.04 Å². The summed E-state index contributed by atoms with van der Waals surface area (Å²) >= 11 is 0. The monoisotopic (exact) mass is 239 g/mol. The van der Waals surface area contributed by atoms with E-state index in [1.165, 1.54) is 0 Å². The molecule has 2 atom stereocenters. The van der Waals surface area contributed by atoms with Crippen LogP contribution in [0, 0.1) is 5.92 Å². The molecule has 6 nitrogen and oxygen atoms in total. The second-order valence-corrected chi connectivity index (χ2v) is 4.56. The van der Waals surface area contributed by atoms with E-state index in [0.29, 0.717) is 19.4 Å². The number of hydrogen-bond donors (Lipinski definition) is 3. The van der Waals surface area contributed by atoms with Crippen LogP contribution in [-0.2, 0) is 14.4 Å². The van der Waals surface area contributed by atoms with Crippen molar-refractivity contribution in [1.82, 2.24) is 16.0 Å². The summed E-state index contributed by atoms with van der Waals surface area (Å²) in [6.45, 7) is 1.61. The van der Waals surface area contributed by atoms with Gasteiger partial charge in [0.25, 0.3) is 0 Å². The summed E-state index contributed by atoms with van der Waals surface area (Å²) in [6.07, 6.45) is 2.52. The van der Waals surface area contributed by atoms with E-state index >= 15 is 0 Å². The maximum absolute atomic E-state index is 11.9. The van der Waals surface area contributed by atoms with Crippen molar-refractivity contribution < 1.29 is 14.4 Å². The van der Waals surface area contributed by atoms with E-state index in [2.05, 4.69) is 16.0 Å². The number of piperidine rings is 2. The van der Waals surface area contributed by atoms with Crippen LogP contribution < -0.4 is 16.0 Å². The smallest absolute Gasteiger partial charge is 0.249 e. The van der Waals surface area contributed by atoms with Gasteiger partial charge in [-0.1, -0.05) is 0 Å². The molecule has 2 fully saturated rings. The molecule has 1 unspecified atom stereocenters. The van der Waals surface area contributed by atoms with Gasteiger partial charge in [-0.05, 0) is 25.8 Å². The predicted molar refractivity (Wildman–Crippen MR) is 59.9 cm³/mol. The predicted octanol–water partition coefficient (Wildman–Crippen LogP) is -1.09. The fraction of sp³-hybridized carbons (Fsp3) is 0.727. The molecule has 0 aromatic heterocycles. The van der Waals surface area contributed by atoms with Crippen LogP contribution in [0.2, 0.25) is 0 Å². The SMILES string of the molecule is O=C1CCC(NC(=O)[C@@H]2CCCNC2)C(=O)N1. The topological polar surface area (TPSA) is 87.3 Å². The highest BCUT2D eigenvalue weighted by Gasteiger charge is 2.30. The summed E-state index contributed by atoms with van der Waals surface area (Å²) in [5.41, 5.74) is 0. The number of nitrogens with one attached hydrogen (secondary N) is 3. The van der Waals surface area contributed by atoms with Crippen LogP contribution in [0.4, 0.5) is 0 Å². The highest BCUT2D eigenvalue weighted by molar-refractivity contribution is 6.01. The molecule has 0 radical (unpaired) electrons. The maximum atomic E-state index is 11.9. The minimum absolute atomic E-state index is 0.0609. The Morgan fingerprint density at radius 1 is 1.29 bits per heavy atom. The molecule has 2 aliphatic heterocycles. The van der Waals surface area contributed by atoms with Crippen molar-refractivity contribution in [3.05, 3.63) is 0 Å². The second-order valence-electron chi connectivity index (χ2n) is 4.56. The number of imide groups is 1. The Labute approximate surface area is 99.5 Å². The van der Waals surface area contributed by atoms with Gasteiger partial charge in [-0.2, -0.15) is 0 Å². The summed E-state index contributed by atoms with van der Waals surface area (Å²) in [7, 11) is 0. The number of hydrogen-bond acceptors (Lipinski definition) is 4. The lowest BCUT2D eigenvalue weighted by atomic mass is 9.97. The molecule has 2 saturated heterocycles. The van der Waals surface area contributed by atoms with Gasteiger partial charge < -0.3 is 10.6 Å². The van der Waals surface area contributed by atoms with Crippen LogP contribution in [0.15, 0.2) is 0 Å². The largest absolute Gasteiger partial charge is 0.344 e. The van der Waals surface area contributed by atoms with Gasteiger partial charge in [0.05, 0.1) is 5.92 Å². The molecule has 94 valence electrons. The Morgan fingerprint density at radius 3 is 2.76 bits per heavy atom. The molecule has 0 spiro atoms. The number of rotatable bonds is 2. The number of amides is 3. The Bertz CT molecular complexity index is 337. The molecule has 2 rings (SSSR count). The lowest BCUT2D eigenvalue weighted by Crippen LogP contribution is -2.54. The fourth-order valence-electron chi connectivity index (χ4n) is 2.20. The first kappa shape index (κ1) is 12.0. The van der Waals surface area contributed by atoms with Gasteiger partial charge >= 0.3 is 0 Å². The molecule has 17 heavy (non-hydrogen) atoms. The van der Waals surface area contributed by atoms with Crippen LogP contribution in [0.5, 0.6) is 0 Å². The zero-order valence-electron chi connectivity index (χ0n) is 9.62. The molecule has 0 aromatic rings. The molecule has 6 heteroatoms. The molecule has 0 bridgehead atoms. The molecule has 2 heterocycles. The van der Waals surface area contributed by atoms with Gasteiger partial charge in [0.2, 0.25) is 17.7 Å². The second kappa shape index (κ2) is 5.27. The van der Waals surface area contributed by atoms with E-state index in [1.54, 1.807) is 0 Å². The first-order valence-electron chi connectivity index (χ1n) is 6.01. The molecule has 0 aliphatic carbocycles. The Morgan fingerprint density at radius 2 is 2.12 bits per heavy atom. The summed E-state index contributed by atoms with van der Waals surface area (Å²) in [5, 5.41) is 8.10. The summed E-state index contributed by atoms with van der Waals surface area (Å²) in [5.74, 6) is -0.806. The summed E-state index contributed by atoms with van der Waals surface area (Å²) < 4.78 is 0. The van der Waals surface area contributed by atoms with Crippen molar-refractivity contribution in [2.75, 3.05) is 13.1 Å². The first-order chi connectivity index (χ1) is 8.16. The van der Waals surface area contributed by atoms with Crippen LogP contribution in [0.25, 0.3) is 0 Å². The van der Waals surface area contributed by atoms with Gasteiger partial charge in [0.15, 0.2) is 0 Å². The van der Waals surface area contributed by atoms with E-state index in [4.69, 9.17) is 0 Å². The highest BCUT2D eigenvalue weighted by atomic mass is 16.2. The van der Waals surface area contributed by atoms with Gasteiger partial charge in [-0.3, -0.25) is 19.7 Å². The van der Waals surface area contributed by atoms with Crippen LogP contribution >= 0.6 is 0 Å². The average molecular weight is 239 g/mol. The lowest BCUT2D eigenvalue weighted by Gasteiger charge is -2.26. The van der Waals surface area contributed by atoms with Crippen molar-refractivity contribution in [3.8, 4) is 0 Å². The van der Waals surface area contributed by atoms with Crippen molar-refractivity contribution in [1.29, 1.82) is 0 Å². The molecular weight excluding hydrogens is 222 g/mol. The van der Waals surface area contributed by atoms with Crippen LogP contribution in [-0.4, -0.2) is 36.9 Å². The molecule has 0 aromatic carbocycles. The minimum Gasteiger partial charge on any atom is -0.344 e. The quantitative estimate of drug-likeness (QED) is 0.534. The van der Waals surface area contributed by atoms with Crippen LogP contribution in [0.1, 0.15) is 25.7 Å². The average Bonchev–Trinajstić information content (AvgIpc) is 2.34. The highest BCUT2D eigenvalue weighted by Crippen LogP contribution is 2.11. The van der Waals surface area contributed by atoms with E-state index in [1.807, 2.05) is 0 Å². The van der Waals surface area contributed by atoms with Gasteiger partial charge in [-0.15, -0.1) is 0 Å². The standard InChI is InChI=1S/C11H17N3O3/c15-9-4-3-8(11(17)14-9)13-10(16)7-2-1-5-12-6-7/h7-8,12H,1-6H2,(H,13,16)(H,14,15,17)/t7-,8?/m1/s1. The van der Waals surface area contributed by atoms with Crippen molar-refractivity contribution in [3.63, 3.8) is 0 Å². The summed E-state index contributed by atoms with van der Waals surface area (Å²) in [6, 6.07) is -0.554. The molecule has 3 amide bonds. The minimum atomic E-state index is -0.554. The zero-order chi connectivity index (χ0) is 12.3. The van der Waals surface area contributed by atoms with Crippen molar-refractivity contribution in [2.24, 2.45) is 5.92 Å². The van der Waals surface area contributed by atoms with E-state index in [-0.39, 0.29) is 17.7 Å². The van der Waals surface area contributed by atoms with Gasteiger partial charge in [0, 0.05) is 13.0 Å². The fourth-order valence-corrected chi connectivity index (χ4v) is 2.20. The maximum Gasteiger partial charge on any atom is 0.249 e. The van der Waals surface area contributed by atoms with Crippen molar-refractivity contribution >= 4 is 17.7 Å². The normalized spacial score (nSPS) is 29.6. The molecular formula is C11H17N3O3. The Hall–Kier alpha value is -1.43.